The van der Waals surface area contributed by atoms with Crippen molar-refractivity contribution < 1.29 is 9.90 Å². The van der Waals surface area contributed by atoms with Gasteiger partial charge in [0.15, 0.2) is 5.96 Å². The van der Waals surface area contributed by atoms with E-state index < -0.39 is 12.0 Å². The zero-order chi connectivity index (χ0) is 14.4. The fourth-order valence-electron chi connectivity index (χ4n) is 2.91. The van der Waals surface area contributed by atoms with Crippen molar-refractivity contribution >= 4 is 11.9 Å². The topological polar surface area (TPSA) is 102 Å². The first-order valence-electron chi connectivity index (χ1n) is 7.08. The molecule has 0 aromatic rings. The Kier molecular flexibility index (Phi) is 6.08. The van der Waals surface area contributed by atoms with Gasteiger partial charge in [-0.25, -0.2) is 0 Å². The molecule has 1 rings (SSSR count). The Morgan fingerprint density at radius 3 is 2.47 bits per heavy atom. The van der Waals surface area contributed by atoms with Gasteiger partial charge < -0.3 is 16.2 Å². The predicted molar refractivity (Wildman–Crippen MR) is 74.9 cm³/mol. The third kappa shape index (κ3) is 4.38. The molecule has 0 bridgehead atoms. The maximum atomic E-state index is 11.3. The van der Waals surface area contributed by atoms with Gasteiger partial charge in [-0.1, -0.05) is 26.2 Å². The van der Waals surface area contributed by atoms with E-state index in [2.05, 4.69) is 5.32 Å². The van der Waals surface area contributed by atoms with Crippen LogP contribution < -0.4 is 11.1 Å². The average molecular weight is 270 g/mol. The molecule has 1 fully saturated rings. The largest absolute Gasteiger partial charge is 0.480 e. The van der Waals surface area contributed by atoms with Crippen LogP contribution in [-0.4, -0.2) is 40.2 Å². The van der Waals surface area contributed by atoms with Crippen LogP contribution in [-0.2, 0) is 4.79 Å². The zero-order valence-corrected chi connectivity index (χ0v) is 11.9. The second kappa shape index (κ2) is 7.33. The van der Waals surface area contributed by atoms with Crippen LogP contribution in [0.2, 0.25) is 0 Å². The van der Waals surface area contributed by atoms with E-state index in [9.17, 15) is 9.90 Å². The van der Waals surface area contributed by atoms with E-state index in [1.165, 1.54) is 6.42 Å². The van der Waals surface area contributed by atoms with Gasteiger partial charge in [0.05, 0.1) is 6.17 Å². The predicted octanol–water partition coefficient (Wildman–Crippen LogP) is 1.31. The molecule has 0 heterocycles. The number of hydrogen-bond acceptors (Lipinski definition) is 3. The van der Waals surface area contributed by atoms with E-state index in [4.69, 9.17) is 11.1 Å². The minimum Gasteiger partial charge on any atom is -0.480 e. The van der Waals surface area contributed by atoms with Crippen LogP contribution in [0.1, 0.15) is 52.4 Å². The molecule has 0 aromatic carbocycles. The molecule has 0 spiro atoms. The molecule has 0 aliphatic heterocycles. The monoisotopic (exact) mass is 270 g/mol. The molecule has 1 saturated carbocycles. The number of carboxylic acids is 1. The quantitative estimate of drug-likeness (QED) is 0.331. The second-order valence-corrected chi connectivity index (χ2v) is 5.24. The normalized spacial score (nSPS) is 19.9. The smallest absolute Gasteiger partial charge is 0.320 e. The van der Waals surface area contributed by atoms with Crippen LogP contribution in [0.15, 0.2) is 0 Å². The van der Waals surface area contributed by atoms with Crippen LogP contribution in [0, 0.1) is 5.41 Å². The van der Waals surface area contributed by atoms with E-state index in [1.54, 1.807) is 6.92 Å². The maximum absolute atomic E-state index is 11.3. The summed E-state index contributed by atoms with van der Waals surface area (Å²) in [5, 5.41) is 19.6. The molecule has 0 radical (unpaired) electrons. The van der Waals surface area contributed by atoms with E-state index in [1.807, 2.05) is 11.8 Å². The summed E-state index contributed by atoms with van der Waals surface area (Å²) in [6.07, 6.45) is 6.08. The number of aliphatic carboxylic acids is 1. The third-order valence-electron chi connectivity index (χ3n) is 3.87. The van der Waals surface area contributed by atoms with Gasteiger partial charge in [-0.2, -0.15) is 0 Å². The maximum Gasteiger partial charge on any atom is 0.320 e. The van der Waals surface area contributed by atoms with E-state index in [0.717, 1.165) is 25.7 Å². The standard InChI is InChI=1S/C13H26N4O2/c1-3-11(16-13(14)15)17(9(2)12(18)19)10-7-5-4-6-8-10/h9-11H,3-8H2,1-2H3,(H,18,19)(H4,14,15,16). The van der Waals surface area contributed by atoms with Crippen molar-refractivity contribution in [1.82, 2.24) is 10.2 Å². The highest BCUT2D eigenvalue weighted by Crippen LogP contribution is 2.26. The molecule has 2 unspecified atom stereocenters. The lowest BCUT2D eigenvalue weighted by Crippen LogP contribution is -2.59. The van der Waals surface area contributed by atoms with Crippen molar-refractivity contribution in [3.05, 3.63) is 0 Å². The Morgan fingerprint density at radius 2 is 2.05 bits per heavy atom. The molecule has 6 heteroatoms. The summed E-state index contributed by atoms with van der Waals surface area (Å²) in [6, 6.07) is -0.309. The van der Waals surface area contributed by atoms with Crippen molar-refractivity contribution in [1.29, 1.82) is 5.41 Å². The van der Waals surface area contributed by atoms with E-state index in [0.29, 0.717) is 6.42 Å². The zero-order valence-electron chi connectivity index (χ0n) is 11.9. The molecule has 1 aliphatic rings. The fraction of sp³-hybridized carbons (Fsp3) is 0.846. The highest BCUT2D eigenvalue weighted by Gasteiger charge is 2.33. The van der Waals surface area contributed by atoms with Crippen molar-refractivity contribution in [3.63, 3.8) is 0 Å². The molecule has 0 aromatic heterocycles. The van der Waals surface area contributed by atoms with Crippen LogP contribution in [0.3, 0.4) is 0 Å². The van der Waals surface area contributed by atoms with Gasteiger partial charge >= 0.3 is 5.97 Å². The summed E-state index contributed by atoms with van der Waals surface area (Å²) in [7, 11) is 0. The van der Waals surface area contributed by atoms with Crippen molar-refractivity contribution in [2.24, 2.45) is 5.73 Å². The number of hydrogen-bond donors (Lipinski definition) is 4. The molecular formula is C13H26N4O2. The number of carbonyl (C=O) groups is 1. The van der Waals surface area contributed by atoms with Crippen LogP contribution >= 0.6 is 0 Å². The SMILES string of the molecule is CCC(NC(=N)N)N(C1CCCCC1)C(C)C(=O)O. The minimum atomic E-state index is -0.825. The minimum absolute atomic E-state index is 0.106. The Bertz CT molecular complexity index is 316. The first kappa shape index (κ1) is 15.8. The van der Waals surface area contributed by atoms with Gasteiger partial charge in [0.25, 0.3) is 0 Å². The first-order valence-corrected chi connectivity index (χ1v) is 7.08. The summed E-state index contributed by atoms with van der Waals surface area (Å²) < 4.78 is 0. The molecule has 6 nitrogen and oxygen atoms in total. The Labute approximate surface area is 114 Å². The summed E-state index contributed by atoms with van der Waals surface area (Å²) in [5.74, 6) is -0.931. The molecule has 5 N–H and O–H groups in total. The summed E-state index contributed by atoms with van der Waals surface area (Å²) in [5.41, 5.74) is 5.41. The Balaban J connectivity index is 2.87. The van der Waals surface area contributed by atoms with Crippen molar-refractivity contribution in [3.8, 4) is 0 Å². The summed E-state index contributed by atoms with van der Waals surface area (Å²) in [6.45, 7) is 3.69. The average Bonchev–Trinajstić information content (AvgIpc) is 2.38. The van der Waals surface area contributed by atoms with E-state index in [-0.39, 0.29) is 18.2 Å². The van der Waals surface area contributed by atoms with Crippen molar-refractivity contribution in [2.45, 2.75) is 70.6 Å². The number of nitrogens with one attached hydrogen (secondary N) is 2. The second-order valence-electron chi connectivity index (χ2n) is 5.24. The van der Waals surface area contributed by atoms with Gasteiger partial charge in [-0.05, 0) is 26.2 Å². The van der Waals surface area contributed by atoms with E-state index >= 15 is 0 Å². The van der Waals surface area contributed by atoms with Gasteiger partial charge in [0.1, 0.15) is 6.04 Å². The number of guanidine groups is 1. The number of rotatable bonds is 6. The highest BCUT2D eigenvalue weighted by atomic mass is 16.4. The fourth-order valence-corrected chi connectivity index (χ4v) is 2.91. The molecule has 1 aliphatic carbocycles. The first-order chi connectivity index (χ1) is 8.97. The lowest BCUT2D eigenvalue weighted by atomic mass is 9.92. The van der Waals surface area contributed by atoms with Gasteiger partial charge in [-0.15, -0.1) is 0 Å². The molecule has 19 heavy (non-hydrogen) atoms. The Hall–Kier alpha value is -1.30. The van der Waals surface area contributed by atoms with Crippen LogP contribution in [0.5, 0.6) is 0 Å². The van der Waals surface area contributed by atoms with Gasteiger partial charge in [-0.3, -0.25) is 15.1 Å². The number of carboxylic acid groups (broad SMARTS) is 1. The number of nitrogens with zero attached hydrogens (tertiary/aromatic N) is 1. The summed E-state index contributed by atoms with van der Waals surface area (Å²) >= 11 is 0. The molecule has 0 amide bonds. The van der Waals surface area contributed by atoms with Crippen molar-refractivity contribution in [2.75, 3.05) is 0 Å². The molecule has 2 atom stereocenters. The highest BCUT2D eigenvalue weighted by molar-refractivity contribution is 5.75. The summed E-state index contributed by atoms with van der Waals surface area (Å²) in [4.78, 5) is 13.3. The molecule has 0 saturated heterocycles. The lowest BCUT2D eigenvalue weighted by molar-refractivity contribution is -0.145. The lowest BCUT2D eigenvalue weighted by Gasteiger charge is -2.42. The molecular weight excluding hydrogens is 244 g/mol. The van der Waals surface area contributed by atoms with Gasteiger partial charge in [0.2, 0.25) is 0 Å². The number of nitrogens with two attached hydrogens (primary N) is 1. The van der Waals surface area contributed by atoms with Gasteiger partial charge in [0, 0.05) is 6.04 Å². The van der Waals surface area contributed by atoms with Crippen LogP contribution in [0.25, 0.3) is 0 Å². The Morgan fingerprint density at radius 1 is 1.47 bits per heavy atom. The third-order valence-corrected chi connectivity index (χ3v) is 3.87. The molecule has 110 valence electrons. The van der Waals surface area contributed by atoms with Crippen LogP contribution in [0.4, 0.5) is 0 Å².